The lowest BCUT2D eigenvalue weighted by atomic mass is 10.1. The maximum absolute atomic E-state index is 10.8. The van der Waals surface area contributed by atoms with Gasteiger partial charge in [-0.1, -0.05) is 0 Å². The van der Waals surface area contributed by atoms with E-state index in [-0.39, 0.29) is 5.91 Å². The minimum Gasteiger partial charge on any atom is -0.480 e. The summed E-state index contributed by atoms with van der Waals surface area (Å²) in [4.78, 5) is 21.6. The average Bonchev–Trinajstić information content (AvgIpc) is 2.49. The van der Waals surface area contributed by atoms with Gasteiger partial charge in [-0.15, -0.1) is 11.3 Å². The van der Waals surface area contributed by atoms with Crippen LogP contribution in [0.3, 0.4) is 0 Å². The molecule has 1 atom stereocenters. The highest BCUT2D eigenvalue weighted by molar-refractivity contribution is 9.11. The summed E-state index contributed by atoms with van der Waals surface area (Å²) in [6.07, 6.45) is 0.303. The Labute approximate surface area is 99.4 Å². The molecule has 0 radical (unpaired) electrons. The molecule has 6 heteroatoms. The van der Waals surface area contributed by atoms with Gasteiger partial charge in [0.05, 0.1) is 3.79 Å². The van der Waals surface area contributed by atoms with Crippen molar-refractivity contribution in [3.63, 3.8) is 0 Å². The van der Waals surface area contributed by atoms with Crippen LogP contribution < -0.4 is 5.32 Å². The minimum atomic E-state index is -1.02. The highest BCUT2D eigenvalue weighted by atomic mass is 79.9. The minimum absolute atomic E-state index is 0.303. The summed E-state index contributed by atoms with van der Waals surface area (Å²) in [5, 5.41) is 13.1. The number of hydrogen-bond acceptors (Lipinski definition) is 3. The van der Waals surface area contributed by atoms with Gasteiger partial charge in [-0.2, -0.15) is 0 Å². The molecule has 0 aromatic carbocycles. The molecule has 1 aromatic rings. The number of carbonyl (C=O) groups excluding carboxylic acids is 1. The molecule has 0 spiro atoms. The predicted molar refractivity (Wildman–Crippen MR) is 61.0 cm³/mol. The van der Waals surface area contributed by atoms with E-state index in [4.69, 9.17) is 5.11 Å². The normalized spacial score (nSPS) is 12.1. The van der Waals surface area contributed by atoms with Crippen molar-refractivity contribution in [2.75, 3.05) is 0 Å². The van der Waals surface area contributed by atoms with E-state index in [0.29, 0.717) is 6.42 Å². The van der Waals surface area contributed by atoms with Crippen LogP contribution in [0.2, 0.25) is 0 Å². The maximum atomic E-state index is 10.8. The number of thiophene rings is 1. The second-order valence-electron chi connectivity index (χ2n) is 3.05. The third-order valence-corrected chi connectivity index (χ3v) is 3.29. The Morgan fingerprint density at radius 1 is 1.67 bits per heavy atom. The molecule has 0 unspecified atom stereocenters. The lowest BCUT2D eigenvalue weighted by Crippen LogP contribution is -2.41. The predicted octanol–water partition coefficient (Wildman–Crippen LogP) is 1.64. The first kappa shape index (κ1) is 12.2. The SMILES string of the molecule is CC(=O)N[C@H](Cc1csc(Br)c1)C(=O)O. The van der Waals surface area contributed by atoms with E-state index in [1.807, 2.05) is 11.4 Å². The zero-order chi connectivity index (χ0) is 11.4. The molecule has 0 fully saturated rings. The number of hydrogen-bond donors (Lipinski definition) is 2. The summed E-state index contributed by atoms with van der Waals surface area (Å²) >= 11 is 4.78. The first-order chi connectivity index (χ1) is 6.99. The lowest BCUT2D eigenvalue weighted by Gasteiger charge is -2.11. The zero-order valence-electron chi connectivity index (χ0n) is 7.99. The van der Waals surface area contributed by atoms with E-state index >= 15 is 0 Å². The van der Waals surface area contributed by atoms with Gasteiger partial charge in [0, 0.05) is 13.3 Å². The Morgan fingerprint density at radius 2 is 2.33 bits per heavy atom. The van der Waals surface area contributed by atoms with Gasteiger partial charge in [0.1, 0.15) is 6.04 Å². The van der Waals surface area contributed by atoms with Crippen LogP contribution in [-0.4, -0.2) is 23.0 Å². The molecule has 1 heterocycles. The Kier molecular flexibility index (Phi) is 4.28. The molecule has 0 aliphatic heterocycles. The van der Waals surface area contributed by atoms with E-state index in [2.05, 4.69) is 21.2 Å². The summed E-state index contributed by atoms with van der Waals surface area (Å²) in [6, 6.07) is 0.992. The average molecular weight is 292 g/mol. The van der Waals surface area contributed by atoms with Crippen molar-refractivity contribution in [3.05, 3.63) is 20.8 Å². The van der Waals surface area contributed by atoms with Crippen LogP contribution in [-0.2, 0) is 16.0 Å². The molecule has 0 saturated carbocycles. The number of aliphatic carboxylic acids is 1. The molecule has 1 amide bonds. The Morgan fingerprint density at radius 3 is 2.73 bits per heavy atom. The largest absolute Gasteiger partial charge is 0.480 e. The van der Waals surface area contributed by atoms with Crippen molar-refractivity contribution >= 4 is 39.1 Å². The Hall–Kier alpha value is -0.880. The molecule has 4 nitrogen and oxygen atoms in total. The van der Waals surface area contributed by atoms with Crippen LogP contribution in [0, 0.1) is 0 Å². The molecule has 1 rings (SSSR count). The van der Waals surface area contributed by atoms with Crippen LogP contribution in [0.4, 0.5) is 0 Å². The summed E-state index contributed by atoms with van der Waals surface area (Å²) in [6.45, 7) is 1.31. The summed E-state index contributed by atoms with van der Waals surface area (Å²) < 4.78 is 0.949. The van der Waals surface area contributed by atoms with Crippen LogP contribution >= 0.6 is 27.3 Å². The fourth-order valence-corrected chi connectivity index (χ4v) is 2.36. The number of carboxylic acids is 1. The molecular weight excluding hydrogens is 282 g/mol. The van der Waals surface area contributed by atoms with E-state index in [1.54, 1.807) is 0 Å². The van der Waals surface area contributed by atoms with Crippen molar-refractivity contribution in [1.82, 2.24) is 5.32 Å². The third kappa shape index (κ3) is 4.01. The van der Waals surface area contributed by atoms with E-state index < -0.39 is 12.0 Å². The van der Waals surface area contributed by atoms with Crippen molar-refractivity contribution in [2.45, 2.75) is 19.4 Å². The second-order valence-corrected chi connectivity index (χ2v) is 5.35. The molecule has 0 aliphatic rings. The Balaban J connectivity index is 2.66. The van der Waals surface area contributed by atoms with Gasteiger partial charge in [0.25, 0.3) is 0 Å². The number of rotatable bonds is 4. The van der Waals surface area contributed by atoms with Gasteiger partial charge in [0.15, 0.2) is 0 Å². The number of nitrogens with one attached hydrogen (secondary N) is 1. The van der Waals surface area contributed by atoms with E-state index in [9.17, 15) is 9.59 Å². The van der Waals surface area contributed by atoms with Crippen LogP contribution in [0.5, 0.6) is 0 Å². The number of carbonyl (C=O) groups is 2. The summed E-state index contributed by atoms with van der Waals surface area (Å²) in [7, 11) is 0. The van der Waals surface area contributed by atoms with Crippen molar-refractivity contribution in [2.24, 2.45) is 0 Å². The topological polar surface area (TPSA) is 66.4 Å². The van der Waals surface area contributed by atoms with Crippen LogP contribution in [0.25, 0.3) is 0 Å². The zero-order valence-corrected chi connectivity index (χ0v) is 10.4. The molecule has 15 heavy (non-hydrogen) atoms. The third-order valence-electron chi connectivity index (χ3n) is 1.74. The van der Waals surface area contributed by atoms with Gasteiger partial charge in [-0.25, -0.2) is 4.79 Å². The smallest absolute Gasteiger partial charge is 0.326 e. The molecule has 0 aliphatic carbocycles. The monoisotopic (exact) mass is 291 g/mol. The maximum Gasteiger partial charge on any atom is 0.326 e. The summed E-state index contributed by atoms with van der Waals surface area (Å²) in [5.41, 5.74) is 0.896. The highest BCUT2D eigenvalue weighted by Crippen LogP contribution is 2.21. The van der Waals surface area contributed by atoms with Crippen LogP contribution in [0.15, 0.2) is 15.2 Å². The summed E-state index contributed by atoms with van der Waals surface area (Å²) in [5.74, 6) is -1.36. The fraction of sp³-hybridized carbons (Fsp3) is 0.333. The van der Waals surface area contributed by atoms with E-state index in [0.717, 1.165) is 9.35 Å². The van der Waals surface area contributed by atoms with Gasteiger partial charge in [-0.3, -0.25) is 4.79 Å². The standard InChI is InChI=1S/C9H10BrNO3S/c1-5(12)11-7(9(13)14)2-6-3-8(10)15-4-6/h3-4,7H,2H2,1H3,(H,11,12)(H,13,14)/t7-/m1/s1. The number of carboxylic acid groups (broad SMARTS) is 1. The Bertz CT molecular complexity index is 377. The highest BCUT2D eigenvalue weighted by Gasteiger charge is 2.19. The van der Waals surface area contributed by atoms with Crippen molar-refractivity contribution in [1.29, 1.82) is 0 Å². The second kappa shape index (κ2) is 5.27. The quantitative estimate of drug-likeness (QED) is 0.886. The van der Waals surface area contributed by atoms with Gasteiger partial charge >= 0.3 is 5.97 Å². The molecule has 2 N–H and O–H groups in total. The molecule has 82 valence electrons. The molecule has 0 bridgehead atoms. The van der Waals surface area contributed by atoms with Crippen molar-refractivity contribution in [3.8, 4) is 0 Å². The first-order valence-corrected chi connectivity index (χ1v) is 5.89. The molecular formula is C9H10BrNO3S. The van der Waals surface area contributed by atoms with E-state index in [1.165, 1.54) is 18.3 Å². The first-order valence-electron chi connectivity index (χ1n) is 4.22. The number of amides is 1. The lowest BCUT2D eigenvalue weighted by molar-refractivity contribution is -0.141. The van der Waals surface area contributed by atoms with Gasteiger partial charge < -0.3 is 10.4 Å². The van der Waals surface area contributed by atoms with Gasteiger partial charge in [-0.05, 0) is 32.9 Å². The fourth-order valence-electron chi connectivity index (χ4n) is 1.13. The van der Waals surface area contributed by atoms with Crippen molar-refractivity contribution < 1.29 is 14.7 Å². The van der Waals surface area contributed by atoms with Crippen LogP contribution in [0.1, 0.15) is 12.5 Å². The van der Waals surface area contributed by atoms with Gasteiger partial charge in [0.2, 0.25) is 5.91 Å². The molecule has 0 saturated heterocycles. The molecule has 1 aromatic heterocycles. The number of halogens is 1.